The predicted octanol–water partition coefficient (Wildman–Crippen LogP) is 4.61. The summed E-state index contributed by atoms with van der Waals surface area (Å²) in [5.41, 5.74) is 0.455. The third-order valence-electron chi connectivity index (χ3n) is 7.79. The number of hydrogen-bond donors (Lipinski definition) is 0. The molecule has 1 aliphatic heterocycles. The summed E-state index contributed by atoms with van der Waals surface area (Å²) in [7, 11) is 2.90. The summed E-state index contributed by atoms with van der Waals surface area (Å²) in [5, 5.41) is 1.59. The van der Waals surface area contributed by atoms with Crippen molar-refractivity contribution in [1.82, 2.24) is 0 Å². The van der Waals surface area contributed by atoms with Gasteiger partial charge in [0.15, 0.2) is 12.2 Å². The van der Waals surface area contributed by atoms with Gasteiger partial charge in [0, 0.05) is 43.9 Å². The quantitative estimate of drug-likeness (QED) is 0.0855. The van der Waals surface area contributed by atoms with Crippen molar-refractivity contribution >= 4 is 56.4 Å². The van der Waals surface area contributed by atoms with E-state index in [0.29, 0.717) is 22.1 Å². The molecule has 3 aromatic carbocycles. The topological polar surface area (TPSA) is 163 Å². The number of rotatable bonds is 8. The van der Waals surface area contributed by atoms with Gasteiger partial charge in [-0.05, 0) is 49.2 Å². The third-order valence-corrected chi connectivity index (χ3v) is 7.79. The molecule has 1 aromatic heterocycles. The van der Waals surface area contributed by atoms with Gasteiger partial charge in [0.1, 0.15) is 41.1 Å². The van der Waals surface area contributed by atoms with Crippen LogP contribution in [0.15, 0.2) is 39.5 Å². The van der Waals surface area contributed by atoms with Gasteiger partial charge in [-0.15, -0.1) is 0 Å². The molecule has 13 nitrogen and oxygen atoms in total. The lowest BCUT2D eigenvalue weighted by Gasteiger charge is -2.26. The molecular formula is C34H34O13. The summed E-state index contributed by atoms with van der Waals surface area (Å²) in [6.07, 6.45) is -5.70. The molecule has 0 amide bonds. The molecule has 0 aliphatic carbocycles. The van der Waals surface area contributed by atoms with Crippen LogP contribution in [0.2, 0.25) is 0 Å². The van der Waals surface area contributed by atoms with Crippen LogP contribution in [0, 0.1) is 6.92 Å². The average Bonchev–Trinajstić information content (AvgIpc) is 3.32. The Kier molecular flexibility index (Phi) is 9.12. The molecular weight excluding hydrogens is 616 g/mol. The lowest BCUT2D eigenvalue weighted by molar-refractivity contribution is -0.169. The van der Waals surface area contributed by atoms with Gasteiger partial charge in [-0.3, -0.25) is 19.2 Å². The van der Waals surface area contributed by atoms with Crippen LogP contribution in [0.25, 0.3) is 32.5 Å². The van der Waals surface area contributed by atoms with Gasteiger partial charge in [0.05, 0.1) is 25.0 Å². The Labute approximate surface area is 268 Å². The maximum Gasteiger partial charge on any atom is 0.344 e. The smallest absolute Gasteiger partial charge is 0.344 e. The number of esters is 4. The second-order valence-corrected chi connectivity index (χ2v) is 11.2. The Hall–Kier alpha value is -5.17. The predicted molar refractivity (Wildman–Crippen MR) is 167 cm³/mol. The number of carbonyl (C=O) groups is 4. The number of fused-ring (bicyclic) bond motifs is 5. The number of ether oxygens (including phenoxy) is 7. The highest BCUT2D eigenvalue weighted by atomic mass is 16.7. The zero-order chi connectivity index (χ0) is 34.3. The maximum absolute atomic E-state index is 13.6. The maximum atomic E-state index is 13.6. The first-order chi connectivity index (χ1) is 22.2. The van der Waals surface area contributed by atoms with E-state index in [1.807, 2.05) is 6.92 Å². The first-order valence-electron chi connectivity index (χ1n) is 14.7. The lowest BCUT2D eigenvalue weighted by Crippen LogP contribution is -2.43. The molecule has 1 fully saturated rings. The van der Waals surface area contributed by atoms with Crippen LogP contribution in [-0.4, -0.2) is 62.5 Å². The summed E-state index contributed by atoms with van der Waals surface area (Å²) >= 11 is 0. The van der Waals surface area contributed by atoms with Crippen LogP contribution in [0.5, 0.6) is 17.2 Å². The third kappa shape index (κ3) is 6.18. The van der Waals surface area contributed by atoms with E-state index in [2.05, 4.69) is 0 Å². The molecule has 13 heteroatoms. The number of hydrogen-bond acceptors (Lipinski definition) is 13. The van der Waals surface area contributed by atoms with Crippen LogP contribution in [-0.2, 0) is 38.1 Å². The molecule has 0 radical (unpaired) electrons. The molecule has 0 bridgehead atoms. The average molecular weight is 651 g/mol. The normalized spacial score (nSPS) is 19.7. The molecule has 47 heavy (non-hydrogen) atoms. The fourth-order valence-corrected chi connectivity index (χ4v) is 6.21. The van der Waals surface area contributed by atoms with E-state index >= 15 is 0 Å². The minimum Gasteiger partial charge on any atom is -0.496 e. The number of benzene rings is 3. The molecule has 0 spiro atoms. The zero-order valence-corrected chi connectivity index (χ0v) is 27.1. The lowest BCUT2D eigenvalue weighted by atomic mass is 9.92. The van der Waals surface area contributed by atoms with Gasteiger partial charge >= 0.3 is 29.5 Å². The molecule has 1 aliphatic rings. The van der Waals surface area contributed by atoms with Crippen molar-refractivity contribution in [3.05, 3.63) is 51.9 Å². The van der Waals surface area contributed by atoms with Crippen LogP contribution in [0.1, 0.15) is 51.8 Å². The van der Waals surface area contributed by atoms with Crippen molar-refractivity contribution < 1.29 is 56.8 Å². The van der Waals surface area contributed by atoms with Gasteiger partial charge in [0.2, 0.25) is 0 Å². The van der Waals surface area contributed by atoms with Crippen molar-refractivity contribution in [2.45, 2.75) is 72.1 Å². The molecule has 2 heterocycles. The van der Waals surface area contributed by atoms with E-state index in [0.717, 1.165) is 5.56 Å². The van der Waals surface area contributed by atoms with E-state index in [1.54, 1.807) is 31.2 Å². The summed E-state index contributed by atoms with van der Waals surface area (Å²) in [6, 6.07) is 8.15. The van der Waals surface area contributed by atoms with Crippen LogP contribution in [0.4, 0.5) is 0 Å². The van der Waals surface area contributed by atoms with E-state index in [4.69, 9.17) is 37.6 Å². The Balaban J connectivity index is 1.92. The monoisotopic (exact) mass is 650 g/mol. The van der Waals surface area contributed by atoms with Crippen molar-refractivity contribution in [3.8, 4) is 17.2 Å². The molecule has 0 saturated carbocycles. The van der Waals surface area contributed by atoms with Crippen molar-refractivity contribution in [1.29, 1.82) is 0 Å². The fourth-order valence-electron chi connectivity index (χ4n) is 6.21. The van der Waals surface area contributed by atoms with Gasteiger partial charge in [-0.1, -0.05) is 6.07 Å². The SMILES string of the molecule is COc1cc2c(oc(=O)c3cc(C)cc(OC)c32)c2c([C@H]3O[C@@H]([C@@H](C)OC(C)=O)[C@H](OC(C)=O)[C@H]3OC(C)=O)ccc(OC(C)=O)c12. The van der Waals surface area contributed by atoms with Crippen molar-refractivity contribution in [2.24, 2.45) is 0 Å². The highest BCUT2D eigenvalue weighted by Crippen LogP contribution is 2.49. The highest BCUT2D eigenvalue weighted by molar-refractivity contribution is 6.19. The molecule has 248 valence electrons. The van der Waals surface area contributed by atoms with E-state index in [9.17, 15) is 24.0 Å². The van der Waals surface area contributed by atoms with Crippen LogP contribution in [0.3, 0.4) is 0 Å². The highest BCUT2D eigenvalue weighted by Gasteiger charge is 2.53. The summed E-state index contributed by atoms with van der Waals surface area (Å²) in [6.45, 7) is 8.18. The molecule has 5 rings (SSSR count). The molecule has 5 atom stereocenters. The Bertz CT molecular complexity index is 1990. The van der Waals surface area contributed by atoms with Crippen molar-refractivity contribution in [2.75, 3.05) is 14.2 Å². The molecule has 0 N–H and O–H groups in total. The van der Waals surface area contributed by atoms with E-state index < -0.39 is 60.0 Å². The molecule has 1 saturated heterocycles. The Morgan fingerprint density at radius 1 is 0.745 bits per heavy atom. The summed E-state index contributed by atoms with van der Waals surface area (Å²) in [5.74, 6) is -1.92. The second-order valence-electron chi connectivity index (χ2n) is 11.2. The second kappa shape index (κ2) is 12.9. The fraction of sp³-hybridized carbons (Fsp3) is 0.382. The van der Waals surface area contributed by atoms with E-state index in [-0.39, 0.29) is 33.2 Å². The standard InChI is InChI=1S/C34H34O13/c1-14-11-22-26(24(12-14)40-7)21-13-25(41-8)28-23(43-17(4)36)10-9-20(27(28)30(21)47-34(22)39)31-33(45-19(6)38)32(44-18(5)37)29(46-31)15(2)42-16(3)35/h9-13,15,29,31-33H,1-8H3/t15-,29+,31-,32+,33+/m1/s1. The van der Waals surface area contributed by atoms with Gasteiger partial charge < -0.3 is 37.6 Å². The van der Waals surface area contributed by atoms with Gasteiger partial charge in [-0.25, -0.2) is 4.79 Å². The van der Waals surface area contributed by atoms with Crippen LogP contribution < -0.4 is 19.8 Å². The Morgan fingerprint density at radius 3 is 1.98 bits per heavy atom. The minimum atomic E-state index is -1.26. The summed E-state index contributed by atoms with van der Waals surface area (Å²) in [4.78, 5) is 62.4. The zero-order valence-electron chi connectivity index (χ0n) is 27.1. The van der Waals surface area contributed by atoms with Gasteiger partial charge in [0.25, 0.3) is 0 Å². The number of carbonyl (C=O) groups excluding carboxylic acids is 4. The van der Waals surface area contributed by atoms with Gasteiger partial charge in [-0.2, -0.15) is 0 Å². The first-order valence-corrected chi connectivity index (χ1v) is 14.7. The van der Waals surface area contributed by atoms with E-state index in [1.165, 1.54) is 48.0 Å². The van der Waals surface area contributed by atoms with Crippen molar-refractivity contribution in [3.63, 3.8) is 0 Å². The van der Waals surface area contributed by atoms with Crippen LogP contribution >= 0.6 is 0 Å². The minimum absolute atomic E-state index is 0.0650. The molecule has 0 unspecified atom stereocenters. The first kappa shape index (κ1) is 33.2. The largest absolute Gasteiger partial charge is 0.496 e. The Morgan fingerprint density at radius 2 is 1.38 bits per heavy atom. The number of methoxy groups -OCH3 is 2. The summed E-state index contributed by atoms with van der Waals surface area (Å²) < 4.78 is 46.3. The number of aryl methyl sites for hydroxylation is 1. The molecule has 4 aromatic rings.